The van der Waals surface area contributed by atoms with Gasteiger partial charge >= 0.3 is 5.97 Å². The lowest BCUT2D eigenvalue weighted by molar-refractivity contribution is 0.0696. The number of nitrogens with zero attached hydrogens (tertiary/aromatic N) is 2. The lowest BCUT2D eigenvalue weighted by atomic mass is 9.94. The van der Waals surface area contributed by atoms with Crippen LogP contribution in [0.2, 0.25) is 5.02 Å². The Labute approximate surface area is 265 Å². The van der Waals surface area contributed by atoms with Crippen molar-refractivity contribution in [3.63, 3.8) is 0 Å². The van der Waals surface area contributed by atoms with Crippen LogP contribution in [0.4, 0.5) is 4.39 Å². The molecule has 6 rings (SSSR count). The van der Waals surface area contributed by atoms with E-state index >= 15 is 4.39 Å². The minimum atomic E-state index is -1.03. The molecule has 230 valence electrons. The van der Waals surface area contributed by atoms with E-state index in [9.17, 15) is 14.7 Å². The molecule has 0 unspecified atom stereocenters. The summed E-state index contributed by atoms with van der Waals surface area (Å²) in [4.78, 5) is 29.0. The van der Waals surface area contributed by atoms with Crippen molar-refractivity contribution in [3.8, 4) is 28.3 Å². The Morgan fingerprint density at radius 1 is 0.956 bits per heavy atom. The van der Waals surface area contributed by atoms with Crippen molar-refractivity contribution in [2.45, 2.75) is 51.7 Å². The van der Waals surface area contributed by atoms with Crippen molar-refractivity contribution in [1.82, 2.24) is 14.9 Å². The number of carbonyl (C=O) groups excluding carboxylic acids is 1. The molecule has 1 aliphatic rings. The number of hydrogen-bond acceptors (Lipinski definition) is 4. The second-order valence-corrected chi connectivity index (χ2v) is 11.7. The van der Waals surface area contributed by atoms with Crippen molar-refractivity contribution in [2.24, 2.45) is 0 Å². The predicted molar refractivity (Wildman–Crippen MR) is 173 cm³/mol. The predicted octanol–water partition coefficient (Wildman–Crippen LogP) is 8.69. The van der Waals surface area contributed by atoms with Crippen LogP contribution in [0.25, 0.3) is 33.5 Å². The second-order valence-electron chi connectivity index (χ2n) is 11.3. The van der Waals surface area contributed by atoms with Gasteiger partial charge in [-0.3, -0.25) is 4.79 Å². The fourth-order valence-corrected chi connectivity index (χ4v) is 6.21. The molecular weight excluding hydrogens is 593 g/mol. The maximum Gasteiger partial charge on any atom is 0.335 e. The average Bonchev–Trinajstić information content (AvgIpc) is 3.43. The van der Waals surface area contributed by atoms with E-state index in [0.29, 0.717) is 39.8 Å². The summed E-state index contributed by atoms with van der Waals surface area (Å²) in [5.74, 6) is -0.909. The van der Waals surface area contributed by atoms with Gasteiger partial charge in [0.25, 0.3) is 5.91 Å². The first kappa shape index (κ1) is 30.3. The van der Waals surface area contributed by atoms with Gasteiger partial charge in [0.1, 0.15) is 24.0 Å². The molecule has 45 heavy (non-hydrogen) atoms. The minimum Gasteiger partial charge on any atom is -0.489 e. The molecule has 0 radical (unpaired) electrons. The third kappa shape index (κ3) is 6.42. The van der Waals surface area contributed by atoms with E-state index in [0.717, 1.165) is 54.3 Å². The highest BCUT2D eigenvalue weighted by Crippen LogP contribution is 2.38. The summed E-state index contributed by atoms with van der Waals surface area (Å²) in [6, 6.07) is 22.6. The van der Waals surface area contributed by atoms with Crippen LogP contribution in [0.5, 0.6) is 5.75 Å². The van der Waals surface area contributed by atoms with Gasteiger partial charge in [-0.25, -0.2) is 14.2 Å². The number of aromatic nitrogens is 2. The van der Waals surface area contributed by atoms with E-state index in [4.69, 9.17) is 21.3 Å². The highest BCUT2D eigenvalue weighted by molar-refractivity contribution is 6.30. The zero-order valence-electron chi connectivity index (χ0n) is 24.9. The molecule has 1 amide bonds. The first-order valence-electron chi connectivity index (χ1n) is 15.2. The van der Waals surface area contributed by atoms with Gasteiger partial charge in [0.2, 0.25) is 0 Å². The summed E-state index contributed by atoms with van der Waals surface area (Å²) >= 11 is 6.11. The van der Waals surface area contributed by atoms with Gasteiger partial charge in [-0.05, 0) is 91.1 Å². The molecule has 1 heterocycles. The highest BCUT2D eigenvalue weighted by atomic mass is 35.5. The molecule has 0 saturated heterocycles. The zero-order chi connectivity index (χ0) is 31.5. The van der Waals surface area contributed by atoms with Gasteiger partial charge in [0, 0.05) is 29.2 Å². The number of carboxylic acid groups (broad SMARTS) is 1. The fraction of sp³-hybridized carbons (Fsp3) is 0.250. The van der Waals surface area contributed by atoms with Crippen LogP contribution in [0.15, 0.2) is 78.9 Å². The number of ether oxygens (including phenoxy) is 1. The normalized spacial score (nSPS) is 13.6. The molecule has 1 aromatic heterocycles. The first-order chi connectivity index (χ1) is 21.8. The van der Waals surface area contributed by atoms with Crippen LogP contribution in [-0.4, -0.2) is 33.1 Å². The monoisotopic (exact) mass is 625 g/mol. The molecule has 0 atom stereocenters. The number of amides is 1. The maximum absolute atomic E-state index is 15.9. The standard InChI is InChI=1S/C36H33ClFN3O4/c1-2-39-35(42)23-10-15-29(22-8-12-26(37)13-9-22)25(18-23)21-45-28-14-16-30(31(38)20-28)34-40-32-19-24(36(43)44)11-17-33(32)41(34)27-6-4-3-5-7-27/h8-20,27H,2-7,21H2,1H3,(H,39,42)(H,43,44). The molecule has 1 aliphatic carbocycles. The number of rotatable bonds is 9. The average molecular weight is 626 g/mol. The van der Waals surface area contributed by atoms with E-state index in [1.807, 2.05) is 25.1 Å². The van der Waals surface area contributed by atoms with Crippen LogP contribution >= 0.6 is 11.6 Å². The molecular formula is C36H33ClFN3O4. The summed E-state index contributed by atoms with van der Waals surface area (Å²) < 4.78 is 24.1. The fourth-order valence-electron chi connectivity index (χ4n) is 6.09. The third-order valence-corrected chi connectivity index (χ3v) is 8.56. The topological polar surface area (TPSA) is 93.4 Å². The summed E-state index contributed by atoms with van der Waals surface area (Å²) in [6.07, 6.45) is 5.21. The van der Waals surface area contributed by atoms with Gasteiger partial charge in [0.05, 0.1) is 22.2 Å². The Kier molecular flexibility index (Phi) is 8.85. The smallest absolute Gasteiger partial charge is 0.335 e. The van der Waals surface area contributed by atoms with Gasteiger partial charge in [0.15, 0.2) is 0 Å². The Morgan fingerprint density at radius 3 is 2.40 bits per heavy atom. The molecule has 0 aliphatic heterocycles. The van der Waals surface area contributed by atoms with E-state index in [1.54, 1.807) is 54.6 Å². The second kappa shape index (κ2) is 13.1. The minimum absolute atomic E-state index is 0.0997. The maximum atomic E-state index is 15.9. The first-order valence-corrected chi connectivity index (χ1v) is 15.5. The SMILES string of the molecule is CCNC(=O)c1ccc(-c2ccc(Cl)cc2)c(COc2ccc(-c3nc4cc(C(=O)O)ccc4n3C3CCCCC3)c(F)c2)c1. The summed E-state index contributed by atoms with van der Waals surface area (Å²) in [5.41, 5.74) is 4.83. The number of fused-ring (bicyclic) bond motifs is 1. The van der Waals surface area contributed by atoms with E-state index in [1.165, 1.54) is 6.07 Å². The Morgan fingerprint density at radius 2 is 1.69 bits per heavy atom. The van der Waals surface area contributed by atoms with Crippen molar-refractivity contribution in [2.75, 3.05) is 6.54 Å². The largest absolute Gasteiger partial charge is 0.489 e. The molecule has 7 nitrogen and oxygen atoms in total. The van der Waals surface area contributed by atoms with Gasteiger partial charge in [-0.2, -0.15) is 0 Å². The lowest BCUT2D eigenvalue weighted by Gasteiger charge is -2.25. The van der Waals surface area contributed by atoms with Crippen LogP contribution in [0.1, 0.15) is 71.3 Å². The number of imidazole rings is 1. The van der Waals surface area contributed by atoms with Crippen LogP contribution < -0.4 is 10.1 Å². The van der Waals surface area contributed by atoms with Crippen LogP contribution in [0.3, 0.4) is 0 Å². The number of hydrogen-bond donors (Lipinski definition) is 2. The lowest BCUT2D eigenvalue weighted by Crippen LogP contribution is -2.22. The van der Waals surface area contributed by atoms with E-state index < -0.39 is 11.8 Å². The van der Waals surface area contributed by atoms with Gasteiger partial charge in [-0.15, -0.1) is 0 Å². The quantitative estimate of drug-likeness (QED) is 0.171. The highest BCUT2D eigenvalue weighted by Gasteiger charge is 2.25. The Balaban J connectivity index is 1.33. The third-order valence-electron chi connectivity index (χ3n) is 8.31. The molecule has 5 aromatic rings. The van der Waals surface area contributed by atoms with Gasteiger partial charge in [-0.1, -0.05) is 49.1 Å². The van der Waals surface area contributed by atoms with Crippen LogP contribution in [0, 0.1) is 5.82 Å². The molecule has 9 heteroatoms. The number of aromatic carboxylic acids is 1. The number of benzene rings is 4. The van der Waals surface area contributed by atoms with Crippen molar-refractivity contribution < 1.29 is 23.8 Å². The number of carbonyl (C=O) groups is 2. The molecule has 2 N–H and O–H groups in total. The van der Waals surface area contributed by atoms with E-state index in [2.05, 4.69) is 9.88 Å². The summed E-state index contributed by atoms with van der Waals surface area (Å²) in [7, 11) is 0. The summed E-state index contributed by atoms with van der Waals surface area (Å²) in [6.45, 7) is 2.47. The van der Waals surface area contributed by atoms with E-state index in [-0.39, 0.29) is 24.1 Å². The molecule has 1 fully saturated rings. The van der Waals surface area contributed by atoms with Crippen molar-refractivity contribution >= 4 is 34.5 Å². The number of halogens is 2. The van der Waals surface area contributed by atoms with Gasteiger partial charge < -0.3 is 19.7 Å². The number of nitrogens with one attached hydrogen (secondary N) is 1. The summed E-state index contributed by atoms with van der Waals surface area (Å²) in [5, 5.41) is 13.0. The molecule has 0 bridgehead atoms. The Hall–Kier alpha value is -4.69. The Bertz CT molecular complexity index is 1880. The number of carboxylic acids is 1. The molecule has 0 spiro atoms. The molecule has 1 saturated carbocycles. The molecule has 4 aromatic carbocycles. The van der Waals surface area contributed by atoms with Crippen molar-refractivity contribution in [3.05, 3.63) is 106 Å². The zero-order valence-corrected chi connectivity index (χ0v) is 25.6. The van der Waals surface area contributed by atoms with Crippen molar-refractivity contribution in [1.29, 1.82) is 0 Å². The van der Waals surface area contributed by atoms with Crippen LogP contribution in [-0.2, 0) is 6.61 Å².